The van der Waals surface area contributed by atoms with Crippen LogP contribution in [0.5, 0.6) is 5.75 Å². The van der Waals surface area contributed by atoms with Crippen LogP contribution >= 0.6 is 24.0 Å². The van der Waals surface area contributed by atoms with Gasteiger partial charge in [-0.1, -0.05) is 6.07 Å². The van der Waals surface area contributed by atoms with Gasteiger partial charge in [0.15, 0.2) is 5.96 Å². The zero-order valence-electron chi connectivity index (χ0n) is 17.1. The predicted octanol–water partition coefficient (Wildman–Crippen LogP) is 2.83. The number of furan rings is 1. The fourth-order valence-electron chi connectivity index (χ4n) is 2.58. The molecule has 2 aromatic rings. The minimum atomic E-state index is -1.17. The van der Waals surface area contributed by atoms with Crippen LogP contribution in [0.3, 0.4) is 0 Å². The molecule has 0 saturated carbocycles. The van der Waals surface area contributed by atoms with E-state index in [-0.39, 0.29) is 36.4 Å². The number of hydrogen-bond donors (Lipinski definition) is 4. The van der Waals surface area contributed by atoms with E-state index in [1.165, 1.54) is 13.2 Å². The minimum absolute atomic E-state index is 0. The lowest BCUT2D eigenvalue weighted by atomic mass is 10.0. The third-order valence-electron chi connectivity index (χ3n) is 3.99. The van der Waals surface area contributed by atoms with Crippen molar-refractivity contribution in [1.29, 1.82) is 0 Å². The first kappa shape index (κ1) is 24.8. The molecule has 0 fully saturated rings. The second kappa shape index (κ2) is 11.7. The number of aliphatic imine (C=N–C) groups is 1. The number of halogens is 1. The molecule has 4 N–H and O–H groups in total. The van der Waals surface area contributed by atoms with Crippen LogP contribution in [0.2, 0.25) is 0 Å². The molecular formula is C20H29IN4O4. The number of hydrogen-bond acceptors (Lipinski definition) is 5. The highest BCUT2D eigenvalue weighted by molar-refractivity contribution is 14.0. The van der Waals surface area contributed by atoms with Gasteiger partial charge in [0.25, 0.3) is 0 Å². The van der Waals surface area contributed by atoms with E-state index in [1.807, 2.05) is 19.1 Å². The summed E-state index contributed by atoms with van der Waals surface area (Å²) in [6, 6.07) is 8.97. The van der Waals surface area contributed by atoms with Crippen LogP contribution in [0.1, 0.15) is 32.1 Å². The van der Waals surface area contributed by atoms with Crippen molar-refractivity contribution >= 4 is 41.5 Å². The standard InChI is InChI=1S/C20H28N4O4.HI/c1-5-21-19(23-13-20(3,26)18-7-6-10-28-18)22-12-15-8-9-17(27-4)16(11-15)24-14(2)25;/h6-11,26H,5,12-13H2,1-4H3,(H,24,25)(H2,21,22,23);1H. The van der Waals surface area contributed by atoms with Crippen LogP contribution in [-0.2, 0) is 16.9 Å². The monoisotopic (exact) mass is 516 g/mol. The number of methoxy groups -OCH3 is 1. The number of nitrogens with zero attached hydrogens (tertiary/aromatic N) is 1. The van der Waals surface area contributed by atoms with Crippen molar-refractivity contribution in [2.45, 2.75) is 32.9 Å². The molecule has 8 nitrogen and oxygen atoms in total. The van der Waals surface area contributed by atoms with Gasteiger partial charge < -0.3 is 30.2 Å². The quantitative estimate of drug-likeness (QED) is 0.244. The lowest BCUT2D eigenvalue weighted by Gasteiger charge is -2.22. The Labute approximate surface area is 188 Å². The normalized spacial score (nSPS) is 13.1. The Morgan fingerprint density at radius 1 is 1.31 bits per heavy atom. The van der Waals surface area contributed by atoms with Gasteiger partial charge in [0.1, 0.15) is 17.1 Å². The van der Waals surface area contributed by atoms with Crippen molar-refractivity contribution < 1.29 is 19.1 Å². The van der Waals surface area contributed by atoms with Crippen LogP contribution in [0, 0.1) is 0 Å². The highest BCUT2D eigenvalue weighted by atomic mass is 127. The maximum absolute atomic E-state index is 11.4. The SMILES string of the molecule is CCNC(=NCc1ccc(OC)c(NC(C)=O)c1)NCC(C)(O)c1ccco1.I. The summed E-state index contributed by atoms with van der Waals surface area (Å²) >= 11 is 0. The number of rotatable bonds is 8. The van der Waals surface area contributed by atoms with Gasteiger partial charge in [-0.15, -0.1) is 24.0 Å². The molecule has 29 heavy (non-hydrogen) atoms. The van der Waals surface area contributed by atoms with Crippen LogP contribution in [-0.4, -0.2) is 37.2 Å². The van der Waals surface area contributed by atoms with Crippen LogP contribution in [0.15, 0.2) is 46.0 Å². The molecule has 9 heteroatoms. The van der Waals surface area contributed by atoms with E-state index in [0.717, 1.165) is 5.56 Å². The Bertz CT molecular complexity index is 807. The molecule has 0 aliphatic carbocycles. The largest absolute Gasteiger partial charge is 0.495 e. The summed E-state index contributed by atoms with van der Waals surface area (Å²) in [5.74, 6) is 1.45. The van der Waals surface area contributed by atoms with Gasteiger partial charge in [0, 0.05) is 13.5 Å². The summed E-state index contributed by atoms with van der Waals surface area (Å²) < 4.78 is 10.6. The third-order valence-corrected chi connectivity index (χ3v) is 3.99. The first-order valence-corrected chi connectivity index (χ1v) is 9.08. The second-order valence-electron chi connectivity index (χ2n) is 6.52. The van der Waals surface area contributed by atoms with Crippen molar-refractivity contribution in [3.05, 3.63) is 47.9 Å². The van der Waals surface area contributed by atoms with Gasteiger partial charge in [-0.2, -0.15) is 0 Å². The summed E-state index contributed by atoms with van der Waals surface area (Å²) in [7, 11) is 1.55. The maximum atomic E-state index is 11.4. The van der Waals surface area contributed by atoms with Crippen molar-refractivity contribution in [3.63, 3.8) is 0 Å². The van der Waals surface area contributed by atoms with Gasteiger partial charge in [-0.05, 0) is 43.7 Å². The highest BCUT2D eigenvalue weighted by Gasteiger charge is 2.26. The lowest BCUT2D eigenvalue weighted by Crippen LogP contribution is -2.44. The average molecular weight is 516 g/mol. The van der Waals surface area contributed by atoms with Crippen molar-refractivity contribution in [2.75, 3.05) is 25.5 Å². The molecule has 1 unspecified atom stereocenters. The summed E-state index contributed by atoms with van der Waals surface area (Å²) in [6.45, 7) is 6.37. The summed E-state index contributed by atoms with van der Waals surface area (Å²) in [5.41, 5.74) is 0.333. The van der Waals surface area contributed by atoms with Crippen LogP contribution in [0.4, 0.5) is 5.69 Å². The number of carbonyl (C=O) groups excluding carboxylic acids is 1. The van der Waals surface area contributed by atoms with E-state index >= 15 is 0 Å². The molecule has 2 rings (SSSR count). The van der Waals surface area contributed by atoms with E-state index < -0.39 is 5.60 Å². The molecule has 0 spiro atoms. The molecule has 1 amide bonds. The van der Waals surface area contributed by atoms with E-state index in [1.54, 1.807) is 32.2 Å². The number of nitrogens with one attached hydrogen (secondary N) is 3. The molecule has 1 aromatic heterocycles. The first-order valence-electron chi connectivity index (χ1n) is 9.08. The topological polar surface area (TPSA) is 108 Å². The first-order chi connectivity index (χ1) is 13.4. The number of guanidine groups is 1. The van der Waals surface area contributed by atoms with E-state index in [0.29, 0.717) is 36.2 Å². The third kappa shape index (κ3) is 7.58. The van der Waals surface area contributed by atoms with E-state index in [9.17, 15) is 9.90 Å². The van der Waals surface area contributed by atoms with Crippen LogP contribution in [0.25, 0.3) is 0 Å². The zero-order chi connectivity index (χ0) is 20.6. The Morgan fingerprint density at radius 3 is 2.66 bits per heavy atom. The van der Waals surface area contributed by atoms with Gasteiger partial charge in [0.05, 0.1) is 32.1 Å². The van der Waals surface area contributed by atoms with Crippen molar-refractivity contribution in [1.82, 2.24) is 10.6 Å². The number of amides is 1. The number of ether oxygens (including phenoxy) is 1. The molecule has 160 valence electrons. The van der Waals surface area contributed by atoms with Gasteiger partial charge in [0.2, 0.25) is 5.91 Å². The molecule has 0 aliphatic rings. The zero-order valence-corrected chi connectivity index (χ0v) is 19.4. The number of benzene rings is 1. The van der Waals surface area contributed by atoms with Crippen molar-refractivity contribution in [3.8, 4) is 5.75 Å². The van der Waals surface area contributed by atoms with Crippen molar-refractivity contribution in [2.24, 2.45) is 4.99 Å². The van der Waals surface area contributed by atoms with Gasteiger partial charge in [-0.3, -0.25) is 4.79 Å². The molecular weight excluding hydrogens is 487 g/mol. The Balaban J connectivity index is 0.00000420. The minimum Gasteiger partial charge on any atom is -0.495 e. The van der Waals surface area contributed by atoms with E-state index in [4.69, 9.17) is 9.15 Å². The number of aliphatic hydroxyl groups is 1. The highest BCUT2D eigenvalue weighted by Crippen LogP contribution is 2.26. The average Bonchev–Trinajstić information content (AvgIpc) is 3.19. The molecule has 0 saturated heterocycles. The van der Waals surface area contributed by atoms with Gasteiger partial charge in [-0.25, -0.2) is 4.99 Å². The molecule has 1 aromatic carbocycles. The Morgan fingerprint density at radius 2 is 2.07 bits per heavy atom. The molecule has 0 radical (unpaired) electrons. The summed E-state index contributed by atoms with van der Waals surface area (Å²) in [6.07, 6.45) is 1.53. The molecule has 1 atom stereocenters. The maximum Gasteiger partial charge on any atom is 0.221 e. The Hall–Kier alpha value is -2.27. The smallest absolute Gasteiger partial charge is 0.221 e. The van der Waals surface area contributed by atoms with Crippen LogP contribution < -0.4 is 20.7 Å². The Kier molecular flexibility index (Phi) is 9.96. The fourth-order valence-corrected chi connectivity index (χ4v) is 2.58. The van der Waals surface area contributed by atoms with Gasteiger partial charge >= 0.3 is 0 Å². The summed E-state index contributed by atoms with van der Waals surface area (Å²) in [4.78, 5) is 15.9. The number of anilines is 1. The molecule has 1 heterocycles. The second-order valence-corrected chi connectivity index (χ2v) is 6.52. The lowest BCUT2D eigenvalue weighted by molar-refractivity contribution is -0.114. The molecule has 0 bridgehead atoms. The number of carbonyl (C=O) groups is 1. The van der Waals surface area contributed by atoms with E-state index in [2.05, 4.69) is 20.9 Å². The predicted molar refractivity (Wildman–Crippen MR) is 124 cm³/mol. The molecule has 0 aliphatic heterocycles. The summed E-state index contributed by atoms with van der Waals surface area (Å²) in [5, 5.41) is 19.6. The fraction of sp³-hybridized carbons (Fsp3) is 0.400.